The van der Waals surface area contributed by atoms with Crippen molar-refractivity contribution in [2.45, 2.75) is 46.0 Å². The highest BCUT2D eigenvalue weighted by Gasteiger charge is 2.18. The van der Waals surface area contributed by atoms with E-state index in [1.54, 1.807) is 0 Å². The van der Waals surface area contributed by atoms with Crippen molar-refractivity contribution in [1.82, 2.24) is 0 Å². The van der Waals surface area contributed by atoms with Crippen molar-refractivity contribution in [3.05, 3.63) is 28.3 Å². The second-order valence-corrected chi connectivity index (χ2v) is 5.25. The molecule has 0 bridgehead atoms. The molecule has 0 aliphatic heterocycles. The SMILES string of the molecule is C#CCC(C)c1cc(Cl)cc(C(C)C)c1OCC. The van der Waals surface area contributed by atoms with Gasteiger partial charge in [-0.2, -0.15) is 0 Å². The van der Waals surface area contributed by atoms with Crippen molar-refractivity contribution < 1.29 is 4.74 Å². The fourth-order valence-electron chi connectivity index (χ4n) is 2.03. The zero-order valence-electron chi connectivity index (χ0n) is 11.6. The highest BCUT2D eigenvalue weighted by atomic mass is 35.5. The molecule has 0 aliphatic carbocycles. The van der Waals surface area contributed by atoms with Gasteiger partial charge in [-0.3, -0.25) is 0 Å². The topological polar surface area (TPSA) is 9.23 Å². The van der Waals surface area contributed by atoms with E-state index in [1.165, 1.54) is 0 Å². The Labute approximate surface area is 115 Å². The van der Waals surface area contributed by atoms with Gasteiger partial charge in [0, 0.05) is 11.4 Å². The van der Waals surface area contributed by atoms with Gasteiger partial charge < -0.3 is 4.74 Å². The van der Waals surface area contributed by atoms with Crippen molar-refractivity contribution >= 4 is 11.6 Å². The molecule has 1 atom stereocenters. The summed E-state index contributed by atoms with van der Waals surface area (Å²) in [5.74, 6) is 4.30. The molecule has 0 aromatic heterocycles. The predicted octanol–water partition coefficient (Wildman–Crippen LogP) is 4.99. The molecule has 1 aromatic carbocycles. The van der Waals surface area contributed by atoms with Crippen molar-refractivity contribution in [3.63, 3.8) is 0 Å². The summed E-state index contributed by atoms with van der Waals surface area (Å²) < 4.78 is 5.82. The van der Waals surface area contributed by atoms with Crippen LogP contribution in [-0.4, -0.2) is 6.61 Å². The summed E-state index contributed by atoms with van der Waals surface area (Å²) in [5.41, 5.74) is 2.27. The molecule has 0 spiro atoms. The second-order valence-electron chi connectivity index (χ2n) is 4.81. The van der Waals surface area contributed by atoms with Crippen LogP contribution in [0.3, 0.4) is 0 Å². The number of hydrogen-bond donors (Lipinski definition) is 0. The highest BCUT2D eigenvalue weighted by Crippen LogP contribution is 2.38. The van der Waals surface area contributed by atoms with Crippen LogP contribution in [0.15, 0.2) is 12.1 Å². The van der Waals surface area contributed by atoms with Crippen LogP contribution in [0.5, 0.6) is 5.75 Å². The van der Waals surface area contributed by atoms with Crippen LogP contribution in [0, 0.1) is 12.3 Å². The van der Waals surface area contributed by atoms with Gasteiger partial charge in [0.2, 0.25) is 0 Å². The lowest BCUT2D eigenvalue weighted by atomic mass is 9.91. The van der Waals surface area contributed by atoms with Gasteiger partial charge in [0.1, 0.15) is 5.75 Å². The first-order valence-electron chi connectivity index (χ1n) is 6.40. The standard InChI is InChI=1S/C16H21ClO/c1-6-8-12(5)15-10-13(17)9-14(11(3)4)16(15)18-7-2/h1,9-12H,7-8H2,2-5H3. The third kappa shape index (κ3) is 3.43. The van der Waals surface area contributed by atoms with E-state index in [9.17, 15) is 0 Å². The van der Waals surface area contributed by atoms with Gasteiger partial charge in [0.05, 0.1) is 6.61 Å². The van der Waals surface area contributed by atoms with Gasteiger partial charge in [0.25, 0.3) is 0 Å². The van der Waals surface area contributed by atoms with Gasteiger partial charge in [0.15, 0.2) is 0 Å². The molecule has 1 unspecified atom stereocenters. The van der Waals surface area contributed by atoms with Crippen LogP contribution in [0.1, 0.15) is 57.1 Å². The van der Waals surface area contributed by atoms with Crippen LogP contribution in [-0.2, 0) is 0 Å². The lowest BCUT2D eigenvalue weighted by Crippen LogP contribution is -2.05. The highest BCUT2D eigenvalue weighted by molar-refractivity contribution is 6.30. The number of hydrogen-bond acceptors (Lipinski definition) is 1. The summed E-state index contributed by atoms with van der Waals surface area (Å²) in [6, 6.07) is 3.96. The minimum atomic E-state index is 0.257. The molecular formula is C16H21ClO. The Morgan fingerprint density at radius 1 is 1.28 bits per heavy atom. The lowest BCUT2D eigenvalue weighted by Gasteiger charge is -2.21. The van der Waals surface area contributed by atoms with E-state index < -0.39 is 0 Å². The normalized spacial score (nSPS) is 12.3. The summed E-state index contributed by atoms with van der Waals surface area (Å²) in [4.78, 5) is 0. The van der Waals surface area contributed by atoms with Gasteiger partial charge in [-0.15, -0.1) is 12.3 Å². The van der Waals surface area contributed by atoms with E-state index in [0.717, 1.165) is 21.9 Å². The maximum Gasteiger partial charge on any atom is 0.126 e. The maximum absolute atomic E-state index is 6.20. The molecule has 0 radical (unpaired) electrons. The van der Waals surface area contributed by atoms with E-state index >= 15 is 0 Å². The first-order valence-corrected chi connectivity index (χ1v) is 6.78. The molecule has 2 heteroatoms. The quantitative estimate of drug-likeness (QED) is 0.681. The number of halogens is 1. The molecule has 0 saturated heterocycles. The van der Waals surface area contributed by atoms with Crippen LogP contribution in [0.4, 0.5) is 0 Å². The van der Waals surface area contributed by atoms with Gasteiger partial charge in [-0.25, -0.2) is 0 Å². The Morgan fingerprint density at radius 3 is 2.39 bits per heavy atom. The summed E-state index contributed by atoms with van der Waals surface area (Å²) in [6.45, 7) is 9.04. The van der Waals surface area contributed by atoms with Crippen LogP contribution >= 0.6 is 11.6 Å². The number of benzene rings is 1. The average Bonchev–Trinajstić information content (AvgIpc) is 2.31. The van der Waals surface area contributed by atoms with Crippen molar-refractivity contribution in [3.8, 4) is 18.1 Å². The van der Waals surface area contributed by atoms with Crippen molar-refractivity contribution in [2.75, 3.05) is 6.61 Å². The molecule has 98 valence electrons. The fraction of sp³-hybridized carbons (Fsp3) is 0.500. The van der Waals surface area contributed by atoms with Crippen LogP contribution < -0.4 is 4.74 Å². The molecule has 0 amide bonds. The third-order valence-corrected chi connectivity index (χ3v) is 3.20. The first-order chi connectivity index (χ1) is 8.51. The zero-order valence-corrected chi connectivity index (χ0v) is 12.3. The molecule has 0 saturated carbocycles. The van der Waals surface area contributed by atoms with E-state index in [2.05, 4.69) is 26.7 Å². The molecule has 1 rings (SSSR count). The largest absolute Gasteiger partial charge is 0.493 e. The maximum atomic E-state index is 6.20. The summed E-state index contributed by atoms with van der Waals surface area (Å²) in [7, 11) is 0. The summed E-state index contributed by atoms with van der Waals surface area (Å²) in [6.07, 6.45) is 6.10. The molecule has 18 heavy (non-hydrogen) atoms. The molecule has 0 N–H and O–H groups in total. The zero-order chi connectivity index (χ0) is 13.7. The van der Waals surface area contributed by atoms with E-state index in [-0.39, 0.29) is 5.92 Å². The van der Waals surface area contributed by atoms with Crippen molar-refractivity contribution in [2.24, 2.45) is 0 Å². The Morgan fingerprint density at radius 2 is 1.89 bits per heavy atom. The Hall–Kier alpha value is -1.13. The van der Waals surface area contributed by atoms with Gasteiger partial charge in [-0.05, 0) is 42.0 Å². The van der Waals surface area contributed by atoms with Gasteiger partial charge >= 0.3 is 0 Å². The predicted molar refractivity (Wildman–Crippen MR) is 78.6 cm³/mol. The molecular weight excluding hydrogens is 244 g/mol. The minimum absolute atomic E-state index is 0.257. The Balaban J connectivity index is 3.34. The number of rotatable bonds is 5. The number of ether oxygens (including phenoxy) is 1. The minimum Gasteiger partial charge on any atom is -0.493 e. The molecule has 1 aromatic rings. The van der Waals surface area contributed by atoms with E-state index in [1.807, 2.05) is 19.1 Å². The monoisotopic (exact) mass is 264 g/mol. The van der Waals surface area contributed by atoms with Crippen molar-refractivity contribution in [1.29, 1.82) is 0 Å². The number of terminal acetylenes is 1. The molecule has 0 fully saturated rings. The molecule has 0 aliphatic rings. The average molecular weight is 265 g/mol. The summed E-state index contributed by atoms with van der Waals surface area (Å²) >= 11 is 6.20. The van der Waals surface area contributed by atoms with Crippen LogP contribution in [0.25, 0.3) is 0 Å². The van der Waals surface area contributed by atoms with Gasteiger partial charge in [-0.1, -0.05) is 32.4 Å². The Kier molecular flexibility index (Phi) is 5.56. The molecule has 0 heterocycles. The fourth-order valence-corrected chi connectivity index (χ4v) is 2.26. The van der Waals surface area contributed by atoms with Crippen LogP contribution in [0.2, 0.25) is 5.02 Å². The van der Waals surface area contributed by atoms with E-state index in [0.29, 0.717) is 18.9 Å². The molecule has 1 nitrogen and oxygen atoms in total. The third-order valence-electron chi connectivity index (χ3n) is 2.98. The summed E-state index contributed by atoms with van der Waals surface area (Å²) in [5, 5.41) is 0.751. The second kappa shape index (κ2) is 6.71. The smallest absolute Gasteiger partial charge is 0.126 e. The first kappa shape index (κ1) is 14.9. The lowest BCUT2D eigenvalue weighted by molar-refractivity contribution is 0.329. The van der Waals surface area contributed by atoms with E-state index in [4.69, 9.17) is 22.8 Å². The Bertz CT molecular complexity index is 443.